The third-order valence-electron chi connectivity index (χ3n) is 2.34. The molecule has 1 atom stereocenters. The first kappa shape index (κ1) is 16.1. The Bertz CT molecular complexity index is 481. The Morgan fingerprint density at radius 3 is 1.95 bits per heavy atom. The molecular formula is C15H14BrClF2. The van der Waals surface area contributed by atoms with Crippen molar-refractivity contribution in [3.8, 4) is 0 Å². The summed E-state index contributed by atoms with van der Waals surface area (Å²) < 4.78 is 24.7. The van der Waals surface area contributed by atoms with Gasteiger partial charge in [0.2, 0.25) is 0 Å². The van der Waals surface area contributed by atoms with Gasteiger partial charge in [-0.2, -0.15) is 0 Å². The van der Waals surface area contributed by atoms with Crippen molar-refractivity contribution >= 4 is 27.5 Å². The fraction of sp³-hybridized carbons (Fsp3) is 0.200. The van der Waals surface area contributed by atoms with Crippen molar-refractivity contribution < 1.29 is 8.78 Å². The van der Waals surface area contributed by atoms with Gasteiger partial charge in [-0.1, -0.05) is 46.3 Å². The predicted molar refractivity (Wildman–Crippen MR) is 79.7 cm³/mol. The second-order valence-electron chi connectivity index (χ2n) is 3.94. The summed E-state index contributed by atoms with van der Waals surface area (Å²) in [6, 6.07) is 13.5. The van der Waals surface area contributed by atoms with Crippen LogP contribution in [0.1, 0.15) is 23.4 Å². The number of hydrogen-bond donors (Lipinski definition) is 0. The predicted octanol–water partition coefficient (Wildman–Crippen LogP) is 5.85. The largest absolute Gasteiger partial charge is 0.207 e. The van der Waals surface area contributed by atoms with E-state index in [1.165, 1.54) is 17.7 Å². The zero-order valence-electron chi connectivity index (χ0n) is 10.4. The molecule has 0 saturated carbocycles. The molecule has 19 heavy (non-hydrogen) atoms. The van der Waals surface area contributed by atoms with Crippen LogP contribution in [0.3, 0.4) is 0 Å². The van der Waals surface area contributed by atoms with Crippen LogP contribution in [0, 0.1) is 11.6 Å². The molecule has 102 valence electrons. The Kier molecular flexibility index (Phi) is 7.03. The second-order valence-corrected chi connectivity index (χ2v) is 5.15. The molecule has 0 radical (unpaired) electrons. The molecule has 2 aromatic rings. The maximum atomic E-state index is 12.4. The van der Waals surface area contributed by atoms with Crippen molar-refractivity contribution in [1.82, 2.24) is 0 Å². The summed E-state index contributed by atoms with van der Waals surface area (Å²) in [6.07, 6.45) is 0. The van der Waals surface area contributed by atoms with Gasteiger partial charge >= 0.3 is 0 Å². The fourth-order valence-electron chi connectivity index (χ4n) is 1.41. The molecule has 0 aromatic heterocycles. The number of hydrogen-bond acceptors (Lipinski definition) is 0. The highest BCUT2D eigenvalue weighted by Gasteiger charge is 1.97. The van der Waals surface area contributed by atoms with Gasteiger partial charge in [-0.25, -0.2) is 8.78 Å². The Labute approximate surface area is 125 Å². The van der Waals surface area contributed by atoms with Crippen LogP contribution in [0.4, 0.5) is 8.78 Å². The highest BCUT2D eigenvalue weighted by molar-refractivity contribution is 9.08. The third kappa shape index (κ3) is 6.17. The van der Waals surface area contributed by atoms with Gasteiger partial charge in [0.25, 0.3) is 0 Å². The van der Waals surface area contributed by atoms with Crippen LogP contribution in [0.15, 0.2) is 48.5 Å². The van der Waals surface area contributed by atoms with E-state index in [1.807, 2.05) is 37.3 Å². The van der Waals surface area contributed by atoms with Crippen LogP contribution in [0.2, 0.25) is 0 Å². The van der Waals surface area contributed by atoms with E-state index in [9.17, 15) is 8.78 Å². The molecule has 0 saturated heterocycles. The topological polar surface area (TPSA) is 0 Å². The van der Waals surface area contributed by atoms with Crippen molar-refractivity contribution in [1.29, 1.82) is 0 Å². The molecule has 0 nitrogen and oxygen atoms in total. The molecule has 2 rings (SSSR count). The average molecular weight is 348 g/mol. The molecule has 0 amide bonds. The first-order valence-corrected chi connectivity index (χ1v) is 7.28. The average Bonchev–Trinajstić information content (AvgIpc) is 2.39. The van der Waals surface area contributed by atoms with Crippen LogP contribution in [0.25, 0.3) is 0 Å². The molecule has 2 aromatic carbocycles. The number of alkyl halides is 2. The smallest absolute Gasteiger partial charge is 0.126 e. The van der Waals surface area contributed by atoms with E-state index in [0.717, 1.165) is 6.07 Å². The highest BCUT2D eigenvalue weighted by atomic mass is 79.9. The van der Waals surface area contributed by atoms with Gasteiger partial charge in [0.05, 0.1) is 5.38 Å². The first-order valence-electron chi connectivity index (χ1n) is 5.73. The minimum absolute atomic E-state index is 0.131. The molecular weight excluding hydrogens is 334 g/mol. The molecule has 4 heteroatoms. The van der Waals surface area contributed by atoms with E-state index in [-0.39, 0.29) is 5.38 Å². The molecule has 0 N–H and O–H groups in total. The quantitative estimate of drug-likeness (QED) is 0.598. The van der Waals surface area contributed by atoms with Gasteiger partial charge in [-0.15, -0.1) is 11.6 Å². The molecule has 0 aliphatic rings. The zero-order valence-corrected chi connectivity index (χ0v) is 12.8. The van der Waals surface area contributed by atoms with Gasteiger partial charge in [0.1, 0.15) is 11.6 Å². The fourth-order valence-corrected chi connectivity index (χ4v) is 1.88. The SMILES string of the molecule is CC(Cl)c1ccccc1.Fc1cc(F)cc(CBr)c1. The maximum Gasteiger partial charge on any atom is 0.126 e. The molecule has 0 heterocycles. The Balaban J connectivity index is 0.000000191. The number of halogens is 4. The lowest BCUT2D eigenvalue weighted by Gasteiger charge is -1.99. The number of rotatable bonds is 2. The van der Waals surface area contributed by atoms with E-state index in [4.69, 9.17) is 11.6 Å². The summed E-state index contributed by atoms with van der Waals surface area (Å²) in [7, 11) is 0. The molecule has 0 aliphatic heterocycles. The van der Waals surface area contributed by atoms with Crippen molar-refractivity contribution in [2.24, 2.45) is 0 Å². The van der Waals surface area contributed by atoms with Gasteiger partial charge in [-0.05, 0) is 30.2 Å². The van der Waals surface area contributed by atoms with E-state index in [2.05, 4.69) is 15.9 Å². The number of benzene rings is 2. The van der Waals surface area contributed by atoms with Crippen molar-refractivity contribution in [2.45, 2.75) is 17.6 Å². The molecule has 0 spiro atoms. The molecule has 0 aliphatic carbocycles. The van der Waals surface area contributed by atoms with Gasteiger partial charge in [0.15, 0.2) is 0 Å². The normalized spacial score (nSPS) is 11.4. The van der Waals surface area contributed by atoms with E-state index in [1.54, 1.807) is 0 Å². The maximum absolute atomic E-state index is 12.4. The summed E-state index contributed by atoms with van der Waals surface area (Å²) in [6.45, 7) is 1.97. The van der Waals surface area contributed by atoms with E-state index < -0.39 is 11.6 Å². The first-order chi connectivity index (χ1) is 9.02. The van der Waals surface area contributed by atoms with Crippen LogP contribution in [-0.4, -0.2) is 0 Å². The lowest BCUT2D eigenvalue weighted by molar-refractivity contribution is 0.581. The second kappa shape index (κ2) is 8.28. The van der Waals surface area contributed by atoms with Crippen molar-refractivity contribution in [2.75, 3.05) is 0 Å². The van der Waals surface area contributed by atoms with Gasteiger partial charge in [-0.3, -0.25) is 0 Å². The lowest BCUT2D eigenvalue weighted by atomic mass is 10.2. The van der Waals surface area contributed by atoms with E-state index >= 15 is 0 Å². The van der Waals surface area contributed by atoms with Crippen molar-refractivity contribution in [3.63, 3.8) is 0 Å². The Morgan fingerprint density at radius 1 is 1.05 bits per heavy atom. The minimum atomic E-state index is -0.533. The van der Waals surface area contributed by atoms with Gasteiger partial charge in [0, 0.05) is 11.4 Å². The van der Waals surface area contributed by atoms with Crippen LogP contribution in [-0.2, 0) is 5.33 Å². The monoisotopic (exact) mass is 346 g/mol. The summed E-state index contributed by atoms with van der Waals surface area (Å²) in [5.41, 5.74) is 1.79. The van der Waals surface area contributed by atoms with Crippen LogP contribution < -0.4 is 0 Å². The van der Waals surface area contributed by atoms with Crippen LogP contribution in [0.5, 0.6) is 0 Å². The van der Waals surface area contributed by atoms with E-state index in [0.29, 0.717) is 10.9 Å². The molecule has 0 bridgehead atoms. The molecule has 1 unspecified atom stereocenters. The molecule has 0 fully saturated rings. The minimum Gasteiger partial charge on any atom is -0.207 e. The summed E-state index contributed by atoms with van der Waals surface area (Å²) >= 11 is 8.90. The van der Waals surface area contributed by atoms with Crippen LogP contribution >= 0.6 is 27.5 Å². The summed E-state index contributed by atoms with van der Waals surface area (Å²) in [5.74, 6) is -1.07. The Morgan fingerprint density at radius 2 is 1.58 bits per heavy atom. The summed E-state index contributed by atoms with van der Waals surface area (Å²) in [5, 5.41) is 0.605. The Hall–Kier alpha value is -0.930. The van der Waals surface area contributed by atoms with Crippen molar-refractivity contribution in [3.05, 3.63) is 71.3 Å². The van der Waals surface area contributed by atoms with Gasteiger partial charge < -0.3 is 0 Å². The lowest BCUT2D eigenvalue weighted by Crippen LogP contribution is -1.83. The summed E-state index contributed by atoms with van der Waals surface area (Å²) in [4.78, 5) is 0. The zero-order chi connectivity index (χ0) is 14.3. The highest BCUT2D eigenvalue weighted by Crippen LogP contribution is 2.17. The standard InChI is InChI=1S/C8H9Cl.C7H5BrF2/c1-7(9)8-5-3-2-4-6-8;8-4-5-1-6(9)3-7(10)2-5/h2-7H,1H3;1-3H,4H2. The third-order valence-corrected chi connectivity index (χ3v) is 3.23.